The molecule has 0 aromatic heterocycles. The zero-order chi connectivity index (χ0) is 15.1. The Hall–Kier alpha value is -1.88. The summed E-state index contributed by atoms with van der Waals surface area (Å²) in [5, 5.41) is 0. The highest BCUT2D eigenvalue weighted by atomic mass is 16.2. The van der Waals surface area contributed by atoms with E-state index in [4.69, 9.17) is 5.73 Å². The predicted octanol–water partition coefficient (Wildman–Crippen LogP) is 1.01. The smallest absolute Gasteiger partial charge is 0.241 e. The van der Waals surface area contributed by atoms with Gasteiger partial charge in [-0.05, 0) is 12.5 Å². The van der Waals surface area contributed by atoms with Gasteiger partial charge in [-0.25, -0.2) is 0 Å². The lowest BCUT2D eigenvalue weighted by atomic mass is 10.0. The number of hydrogen-bond donors (Lipinski definition) is 1. The van der Waals surface area contributed by atoms with Crippen molar-refractivity contribution >= 4 is 11.8 Å². The van der Waals surface area contributed by atoms with Crippen molar-refractivity contribution in [3.8, 4) is 0 Å². The molecule has 2 amide bonds. The highest BCUT2D eigenvalue weighted by molar-refractivity contribution is 5.84. The van der Waals surface area contributed by atoms with Gasteiger partial charge in [-0.3, -0.25) is 9.59 Å². The van der Waals surface area contributed by atoms with Crippen molar-refractivity contribution in [1.82, 2.24) is 9.80 Å². The van der Waals surface area contributed by atoms with Crippen LogP contribution in [-0.2, 0) is 9.59 Å². The number of likely N-dealkylation sites (N-methyl/N-ethyl adjacent to an activating group) is 2. The van der Waals surface area contributed by atoms with E-state index in [0.29, 0.717) is 6.54 Å². The molecule has 1 rings (SSSR count). The van der Waals surface area contributed by atoms with Crippen LogP contribution >= 0.6 is 0 Å². The summed E-state index contributed by atoms with van der Waals surface area (Å²) in [4.78, 5) is 26.9. The third kappa shape index (κ3) is 4.66. The summed E-state index contributed by atoms with van der Waals surface area (Å²) < 4.78 is 0. The molecular formula is C15H23N3O2. The molecule has 0 bridgehead atoms. The molecule has 1 aromatic rings. The number of carbonyl (C=O) groups is 2. The summed E-state index contributed by atoms with van der Waals surface area (Å²) in [6.45, 7) is 2.46. The van der Waals surface area contributed by atoms with E-state index in [1.54, 1.807) is 14.1 Å². The first kappa shape index (κ1) is 16.2. The van der Waals surface area contributed by atoms with Gasteiger partial charge in [0.05, 0.1) is 6.54 Å². The van der Waals surface area contributed by atoms with Crippen LogP contribution in [0.1, 0.15) is 24.9 Å². The number of carbonyl (C=O) groups excluding carboxylic acids is 2. The van der Waals surface area contributed by atoms with E-state index in [9.17, 15) is 9.59 Å². The quantitative estimate of drug-likeness (QED) is 0.844. The summed E-state index contributed by atoms with van der Waals surface area (Å²) >= 11 is 0. The normalized spacial score (nSPS) is 11.8. The summed E-state index contributed by atoms with van der Waals surface area (Å²) in [5.41, 5.74) is 6.96. The van der Waals surface area contributed by atoms with Gasteiger partial charge in [0.2, 0.25) is 11.8 Å². The van der Waals surface area contributed by atoms with Crippen molar-refractivity contribution in [3.63, 3.8) is 0 Å². The van der Waals surface area contributed by atoms with E-state index in [2.05, 4.69) is 0 Å². The maximum Gasteiger partial charge on any atom is 0.241 e. The summed E-state index contributed by atoms with van der Waals surface area (Å²) in [5.74, 6) is -0.187. The van der Waals surface area contributed by atoms with E-state index in [0.717, 1.165) is 5.56 Å². The monoisotopic (exact) mass is 277 g/mol. The topological polar surface area (TPSA) is 66.6 Å². The Kier molecular flexibility index (Phi) is 6.18. The second kappa shape index (κ2) is 7.65. The van der Waals surface area contributed by atoms with Crippen molar-refractivity contribution < 1.29 is 9.59 Å². The first-order valence-corrected chi connectivity index (χ1v) is 6.74. The van der Waals surface area contributed by atoms with Gasteiger partial charge >= 0.3 is 0 Å². The molecule has 0 saturated heterocycles. The second-order valence-corrected chi connectivity index (χ2v) is 4.92. The van der Waals surface area contributed by atoms with Crippen LogP contribution in [0, 0.1) is 0 Å². The van der Waals surface area contributed by atoms with Crippen LogP contribution in [0.15, 0.2) is 30.3 Å². The van der Waals surface area contributed by atoms with Gasteiger partial charge in [-0.15, -0.1) is 0 Å². The lowest BCUT2D eigenvalue weighted by Crippen LogP contribution is -2.41. The highest BCUT2D eigenvalue weighted by Crippen LogP contribution is 2.14. The first-order chi connectivity index (χ1) is 9.45. The van der Waals surface area contributed by atoms with Gasteiger partial charge in [-0.1, -0.05) is 30.3 Å². The van der Waals surface area contributed by atoms with Crippen LogP contribution in [0.3, 0.4) is 0 Å². The van der Waals surface area contributed by atoms with Gasteiger partial charge in [0.15, 0.2) is 0 Å². The van der Waals surface area contributed by atoms with Crippen LogP contribution < -0.4 is 5.73 Å². The maximum atomic E-state index is 12.2. The maximum absolute atomic E-state index is 12.2. The van der Waals surface area contributed by atoms with E-state index >= 15 is 0 Å². The first-order valence-electron chi connectivity index (χ1n) is 6.74. The molecule has 0 fully saturated rings. The third-order valence-electron chi connectivity index (χ3n) is 3.18. The minimum absolute atomic E-state index is 0.0894. The highest BCUT2D eigenvalue weighted by Gasteiger charge is 2.19. The molecule has 20 heavy (non-hydrogen) atoms. The molecule has 0 radical (unpaired) electrons. The van der Waals surface area contributed by atoms with Gasteiger partial charge in [0.1, 0.15) is 0 Å². The number of rotatable bonds is 6. The van der Waals surface area contributed by atoms with E-state index in [-0.39, 0.29) is 30.8 Å². The van der Waals surface area contributed by atoms with Crippen LogP contribution in [0.25, 0.3) is 0 Å². The van der Waals surface area contributed by atoms with Crippen LogP contribution in [0.4, 0.5) is 0 Å². The average molecular weight is 277 g/mol. The van der Waals surface area contributed by atoms with Crippen molar-refractivity contribution in [2.24, 2.45) is 5.73 Å². The largest absolute Gasteiger partial charge is 0.347 e. The molecule has 0 aliphatic rings. The van der Waals surface area contributed by atoms with Gasteiger partial charge in [0.25, 0.3) is 0 Å². The molecule has 5 heteroatoms. The predicted molar refractivity (Wildman–Crippen MR) is 78.9 cm³/mol. The number of nitrogens with zero attached hydrogens (tertiary/aromatic N) is 2. The fraction of sp³-hybridized carbons (Fsp3) is 0.467. The van der Waals surface area contributed by atoms with Crippen LogP contribution in [-0.4, -0.2) is 48.8 Å². The third-order valence-corrected chi connectivity index (χ3v) is 3.18. The Balaban J connectivity index is 2.61. The Morgan fingerprint density at radius 3 is 2.25 bits per heavy atom. The van der Waals surface area contributed by atoms with Crippen molar-refractivity contribution in [2.75, 3.05) is 27.2 Å². The average Bonchev–Trinajstić information content (AvgIpc) is 2.44. The van der Waals surface area contributed by atoms with E-state index in [1.165, 1.54) is 9.80 Å². The summed E-state index contributed by atoms with van der Waals surface area (Å²) in [7, 11) is 3.35. The lowest BCUT2D eigenvalue weighted by Gasteiger charge is -2.23. The van der Waals surface area contributed by atoms with Gasteiger partial charge in [0, 0.05) is 33.1 Å². The van der Waals surface area contributed by atoms with E-state index < -0.39 is 0 Å². The Labute approximate surface area is 120 Å². The molecule has 0 heterocycles. The van der Waals surface area contributed by atoms with Gasteiger partial charge < -0.3 is 15.5 Å². The van der Waals surface area contributed by atoms with Gasteiger partial charge in [-0.2, -0.15) is 0 Å². The Morgan fingerprint density at radius 2 is 1.75 bits per heavy atom. The van der Waals surface area contributed by atoms with Crippen LogP contribution in [0.5, 0.6) is 0 Å². The molecule has 0 aliphatic heterocycles. The molecule has 1 unspecified atom stereocenters. The molecule has 1 aromatic carbocycles. The Bertz CT molecular complexity index is 446. The lowest BCUT2D eigenvalue weighted by molar-refractivity contribution is -0.139. The number of benzene rings is 1. The van der Waals surface area contributed by atoms with Crippen molar-refractivity contribution in [1.29, 1.82) is 0 Å². The van der Waals surface area contributed by atoms with Crippen molar-refractivity contribution in [3.05, 3.63) is 35.9 Å². The molecular weight excluding hydrogens is 254 g/mol. The molecule has 110 valence electrons. The molecule has 0 spiro atoms. The standard InChI is InChI=1S/C15H23N3O2/c1-4-18(11-15(20)17(2)3)14(19)10-13(16)12-8-6-5-7-9-12/h5-9,13H,4,10-11,16H2,1-3H3. The SMILES string of the molecule is CCN(CC(=O)N(C)C)C(=O)CC(N)c1ccccc1. The number of nitrogens with two attached hydrogens (primary N) is 1. The number of hydrogen-bond acceptors (Lipinski definition) is 3. The van der Waals surface area contributed by atoms with E-state index in [1.807, 2.05) is 37.3 Å². The molecule has 1 atom stereocenters. The fourth-order valence-electron chi connectivity index (χ4n) is 1.82. The van der Waals surface area contributed by atoms with Crippen LogP contribution in [0.2, 0.25) is 0 Å². The summed E-state index contributed by atoms with van der Waals surface area (Å²) in [6, 6.07) is 9.16. The minimum atomic E-state index is -0.341. The number of amides is 2. The Morgan fingerprint density at radius 1 is 1.15 bits per heavy atom. The zero-order valence-corrected chi connectivity index (χ0v) is 12.4. The fourth-order valence-corrected chi connectivity index (χ4v) is 1.82. The molecule has 0 saturated carbocycles. The minimum Gasteiger partial charge on any atom is -0.347 e. The second-order valence-electron chi connectivity index (χ2n) is 4.92. The molecule has 0 aliphatic carbocycles. The molecule has 5 nitrogen and oxygen atoms in total. The van der Waals surface area contributed by atoms with Crippen molar-refractivity contribution in [2.45, 2.75) is 19.4 Å². The zero-order valence-electron chi connectivity index (χ0n) is 12.4. The summed E-state index contributed by atoms with van der Waals surface area (Å²) in [6.07, 6.45) is 0.207. The molecule has 2 N–H and O–H groups in total.